The highest BCUT2D eigenvalue weighted by atomic mass is 35.5. The molecule has 1 aliphatic rings. The Morgan fingerprint density at radius 2 is 2.00 bits per heavy atom. The molecule has 22 heavy (non-hydrogen) atoms. The molecule has 0 saturated carbocycles. The standard InChI is InChI=1S/C16H23N3O2.ClH/c1-10-5-6-11(17)7-13(10)15(21)18-12-8-14(20)19(9-12)16(2,3)4;/h5-7,12H,8-9,17H2,1-4H3,(H,18,21);1H. The molecular weight excluding hydrogens is 302 g/mol. The van der Waals surface area contributed by atoms with E-state index in [4.69, 9.17) is 5.73 Å². The summed E-state index contributed by atoms with van der Waals surface area (Å²) in [7, 11) is 0. The van der Waals surface area contributed by atoms with Crippen molar-refractivity contribution in [2.24, 2.45) is 0 Å². The summed E-state index contributed by atoms with van der Waals surface area (Å²) in [5.74, 6) is -0.0922. The van der Waals surface area contributed by atoms with Crippen LogP contribution in [0, 0.1) is 6.92 Å². The Morgan fingerprint density at radius 1 is 1.36 bits per heavy atom. The summed E-state index contributed by atoms with van der Waals surface area (Å²) in [5.41, 5.74) is 7.51. The number of nitrogen functional groups attached to an aromatic ring is 1. The quantitative estimate of drug-likeness (QED) is 0.818. The van der Waals surface area contributed by atoms with Gasteiger partial charge in [-0.3, -0.25) is 9.59 Å². The van der Waals surface area contributed by atoms with Crippen LogP contribution in [0.25, 0.3) is 0 Å². The Bertz CT molecular complexity index is 581. The van der Waals surface area contributed by atoms with E-state index in [9.17, 15) is 9.59 Å². The van der Waals surface area contributed by atoms with Crippen LogP contribution in [0.1, 0.15) is 43.1 Å². The molecule has 1 aliphatic heterocycles. The third-order valence-electron chi connectivity index (χ3n) is 3.78. The highest BCUT2D eigenvalue weighted by Gasteiger charge is 2.36. The second kappa shape index (κ2) is 6.57. The minimum atomic E-state index is -0.219. The van der Waals surface area contributed by atoms with Crippen molar-refractivity contribution < 1.29 is 9.59 Å². The maximum Gasteiger partial charge on any atom is 0.251 e. The SMILES string of the molecule is Cc1ccc(N)cc1C(=O)NC1CC(=O)N(C(C)(C)C)C1.Cl. The molecule has 2 rings (SSSR count). The van der Waals surface area contributed by atoms with Crippen molar-refractivity contribution in [3.8, 4) is 0 Å². The molecule has 0 aliphatic carbocycles. The summed E-state index contributed by atoms with van der Waals surface area (Å²) in [6.07, 6.45) is 0.352. The van der Waals surface area contributed by atoms with Gasteiger partial charge in [0.25, 0.3) is 5.91 Å². The first kappa shape index (κ1) is 18.3. The number of likely N-dealkylation sites (tertiary alicyclic amines) is 1. The summed E-state index contributed by atoms with van der Waals surface area (Å²) < 4.78 is 0. The van der Waals surface area contributed by atoms with Gasteiger partial charge in [0, 0.05) is 29.8 Å². The number of carbonyl (C=O) groups excluding carboxylic acids is 2. The zero-order valence-electron chi connectivity index (χ0n) is 13.5. The van der Waals surface area contributed by atoms with Gasteiger partial charge in [-0.05, 0) is 45.4 Å². The van der Waals surface area contributed by atoms with E-state index >= 15 is 0 Å². The van der Waals surface area contributed by atoms with Crippen LogP contribution in [0.3, 0.4) is 0 Å². The lowest BCUT2D eigenvalue weighted by molar-refractivity contribution is -0.131. The molecule has 1 saturated heterocycles. The van der Waals surface area contributed by atoms with E-state index in [0.717, 1.165) is 5.56 Å². The smallest absolute Gasteiger partial charge is 0.251 e. The van der Waals surface area contributed by atoms with Crippen LogP contribution in [-0.2, 0) is 4.79 Å². The molecule has 6 heteroatoms. The van der Waals surface area contributed by atoms with E-state index in [1.165, 1.54) is 0 Å². The summed E-state index contributed by atoms with van der Waals surface area (Å²) in [6, 6.07) is 5.12. The molecule has 1 aromatic rings. The maximum atomic E-state index is 12.3. The molecule has 5 nitrogen and oxygen atoms in total. The van der Waals surface area contributed by atoms with Gasteiger partial charge in [-0.25, -0.2) is 0 Å². The molecule has 2 amide bonds. The Morgan fingerprint density at radius 3 is 2.55 bits per heavy atom. The van der Waals surface area contributed by atoms with Gasteiger partial charge >= 0.3 is 0 Å². The predicted molar refractivity (Wildman–Crippen MR) is 90.2 cm³/mol. The second-order valence-corrected chi connectivity index (χ2v) is 6.62. The summed E-state index contributed by atoms with van der Waals surface area (Å²) in [4.78, 5) is 26.2. The summed E-state index contributed by atoms with van der Waals surface area (Å²) in [6.45, 7) is 8.41. The molecule has 0 radical (unpaired) electrons. The molecule has 0 spiro atoms. The van der Waals surface area contributed by atoms with Crippen molar-refractivity contribution in [2.75, 3.05) is 12.3 Å². The van der Waals surface area contributed by atoms with Crippen LogP contribution in [-0.4, -0.2) is 34.8 Å². The van der Waals surface area contributed by atoms with Crippen molar-refractivity contribution in [1.29, 1.82) is 0 Å². The van der Waals surface area contributed by atoms with Crippen LogP contribution in [0.2, 0.25) is 0 Å². The van der Waals surface area contributed by atoms with Gasteiger partial charge in [-0.15, -0.1) is 12.4 Å². The lowest BCUT2D eigenvalue weighted by Gasteiger charge is -2.32. The van der Waals surface area contributed by atoms with Crippen molar-refractivity contribution in [3.05, 3.63) is 29.3 Å². The molecule has 1 heterocycles. The van der Waals surface area contributed by atoms with Crippen molar-refractivity contribution in [1.82, 2.24) is 10.2 Å². The third-order valence-corrected chi connectivity index (χ3v) is 3.78. The van der Waals surface area contributed by atoms with Crippen molar-refractivity contribution >= 4 is 29.9 Å². The van der Waals surface area contributed by atoms with Gasteiger partial charge in [0.05, 0.1) is 6.04 Å². The average molecular weight is 326 g/mol. The number of hydrogen-bond acceptors (Lipinski definition) is 3. The molecule has 1 fully saturated rings. The zero-order chi connectivity index (χ0) is 15.8. The van der Waals surface area contributed by atoms with Crippen LogP contribution < -0.4 is 11.1 Å². The molecule has 0 bridgehead atoms. The van der Waals surface area contributed by atoms with E-state index in [-0.39, 0.29) is 35.8 Å². The van der Waals surface area contributed by atoms with Crippen molar-refractivity contribution in [2.45, 2.75) is 45.7 Å². The Kier molecular flexibility index (Phi) is 5.46. The van der Waals surface area contributed by atoms with E-state index in [1.807, 2.05) is 38.7 Å². The summed E-state index contributed by atoms with van der Waals surface area (Å²) >= 11 is 0. The van der Waals surface area contributed by atoms with Crippen LogP contribution >= 0.6 is 12.4 Å². The zero-order valence-corrected chi connectivity index (χ0v) is 14.3. The van der Waals surface area contributed by atoms with Gasteiger partial charge in [0.15, 0.2) is 0 Å². The fraction of sp³-hybridized carbons (Fsp3) is 0.500. The lowest BCUT2D eigenvalue weighted by atomic mass is 10.1. The predicted octanol–water partition coefficient (Wildman–Crippen LogP) is 2.13. The van der Waals surface area contributed by atoms with E-state index < -0.39 is 0 Å². The summed E-state index contributed by atoms with van der Waals surface area (Å²) in [5, 5.41) is 2.94. The van der Waals surface area contributed by atoms with E-state index in [2.05, 4.69) is 5.32 Å². The monoisotopic (exact) mass is 325 g/mol. The number of nitrogens with one attached hydrogen (secondary N) is 1. The Hall–Kier alpha value is -1.75. The molecule has 1 unspecified atom stereocenters. The average Bonchev–Trinajstić information content (AvgIpc) is 2.73. The van der Waals surface area contributed by atoms with Gasteiger partial charge < -0.3 is 16.0 Å². The number of nitrogens with two attached hydrogens (primary N) is 1. The number of carbonyl (C=O) groups is 2. The molecule has 122 valence electrons. The molecular formula is C16H24ClN3O2. The maximum absolute atomic E-state index is 12.3. The number of rotatable bonds is 2. The van der Waals surface area contributed by atoms with Crippen LogP contribution in [0.4, 0.5) is 5.69 Å². The number of hydrogen-bond donors (Lipinski definition) is 2. The van der Waals surface area contributed by atoms with Crippen LogP contribution in [0.15, 0.2) is 18.2 Å². The first-order valence-corrected chi connectivity index (χ1v) is 7.16. The highest BCUT2D eigenvalue weighted by molar-refractivity contribution is 5.97. The number of benzene rings is 1. The van der Waals surface area contributed by atoms with Gasteiger partial charge in [-0.2, -0.15) is 0 Å². The molecule has 0 aromatic heterocycles. The normalized spacial score (nSPS) is 18.1. The number of amides is 2. The Balaban J connectivity index is 0.00000242. The largest absolute Gasteiger partial charge is 0.399 e. The first-order valence-electron chi connectivity index (χ1n) is 7.16. The number of halogens is 1. The number of anilines is 1. The minimum absolute atomic E-state index is 0. The number of nitrogens with zero attached hydrogens (tertiary/aromatic N) is 1. The Labute approximate surface area is 137 Å². The second-order valence-electron chi connectivity index (χ2n) is 6.62. The molecule has 1 atom stereocenters. The van der Waals surface area contributed by atoms with Crippen molar-refractivity contribution in [3.63, 3.8) is 0 Å². The topological polar surface area (TPSA) is 75.4 Å². The van der Waals surface area contributed by atoms with Gasteiger partial charge in [0.2, 0.25) is 5.91 Å². The first-order chi connectivity index (χ1) is 9.68. The van der Waals surface area contributed by atoms with E-state index in [0.29, 0.717) is 24.2 Å². The minimum Gasteiger partial charge on any atom is -0.399 e. The molecule has 3 N–H and O–H groups in total. The molecule has 1 aromatic carbocycles. The fourth-order valence-corrected chi connectivity index (χ4v) is 2.60. The van der Waals surface area contributed by atoms with Gasteiger partial charge in [0.1, 0.15) is 0 Å². The lowest BCUT2D eigenvalue weighted by Crippen LogP contribution is -2.44. The number of aryl methyl sites for hydroxylation is 1. The van der Waals surface area contributed by atoms with Gasteiger partial charge in [-0.1, -0.05) is 6.07 Å². The highest BCUT2D eigenvalue weighted by Crippen LogP contribution is 2.22. The fourth-order valence-electron chi connectivity index (χ4n) is 2.60. The van der Waals surface area contributed by atoms with E-state index in [1.54, 1.807) is 12.1 Å². The third kappa shape index (κ3) is 3.91. The van der Waals surface area contributed by atoms with Crippen LogP contribution in [0.5, 0.6) is 0 Å².